The molecule has 28 heavy (non-hydrogen) atoms. The van der Waals surface area contributed by atoms with Crippen molar-refractivity contribution in [1.82, 2.24) is 0 Å². The van der Waals surface area contributed by atoms with Crippen molar-refractivity contribution in [2.24, 2.45) is 0 Å². The molecular formula is C26H20N2. The third-order valence-electron chi connectivity index (χ3n) is 5.03. The van der Waals surface area contributed by atoms with E-state index in [1.54, 1.807) is 0 Å². The van der Waals surface area contributed by atoms with Crippen LogP contribution in [0.3, 0.4) is 0 Å². The minimum Gasteiger partial charge on any atom is -0.353 e. The molecular weight excluding hydrogens is 340 g/mol. The summed E-state index contributed by atoms with van der Waals surface area (Å²) >= 11 is 0. The summed E-state index contributed by atoms with van der Waals surface area (Å²) in [6.07, 6.45) is 0. The van der Waals surface area contributed by atoms with E-state index in [1.807, 2.05) is 18.2 Å². The smallest absolute Gasteiger partial charge is 0.0703 e. The number of fused-ring (bicyclic) bond motifs is 2. The number of para-hydroxylation sites is 1. The predicted octanol–water partition coefficient (Wildman–Crippen LogP) is 7.48. The van der Waals surface area contributed by atoms with Gasteiger partial charge in [-0.05, 0) is 35.0 Å². The average molecular weight is 360 g/mol. The zero-order chi connectivity index (χ0) is 18.8. The fourth-order valence-corrected chi connectivity index (χ4v) is 3.66. The summed E-state index contributed by atoms with van der Waals surface area (Å²) in [4.78, 5) is 0. The van der Waals surface area contributed by atoms with Crippen LogP contribution in [0.5, 0.6) is 0 Å². The van der Waals surface area contributed by atoms with Gasteiger partial charge in [-0.1, -0.05) is 84.9 Å². The van der Waals surface area contributed by atoms with Gasteiger partial charge in [0.2, 0.25) is 0 Å². The van der Waals surface area contributed by atoms with E-state index in [-0.39, 0.29) is 0 Å². The zero-order valence-corrected chi connectivity index (χ0v) is 15.4. The van der Waals surface area contributed by atoms with Gasteiger partial charge in [0.05, 0.1) is 11.4 Å². The molecule has 5 aromatic rings. The van der Waals surface area contributed by atoms with Crippen LogP contribution in [0.2, 0.25) is 0 Å². The zero-order valence-electron chi connectivity index (χ0n) is 15.4. The molecule has 2 N–H and O–H groups in total. The van der Waals surface area contributed by atoms with Crippen LogP contribution in [0.15, 0.2) is 109 Å². The van der Waals surface area contributed by atoms with Gasteiger partial charge in [-0.2, -0.15) is 0 Å². The van der Waals surface area contributed by atoms with Gasteiger partial charge < -0.3 is 10.6 Å². The Morgan fingerprint density at radius 1 is 0.393 bits per heavy atom. The molecule has 0 aliphatic rings. The van der Waals surface area contributed by atoms with E-state index >= 15 is 0 Å². The highest BCUT2D eigenvalue weighted by atomic mass is 15.0. The molecule has 2 heteroatoms. The van der Waals surface area contributed by atoms with Crippen LogP contribution in [0, 0.1) is 0 Å². The first-order valence-corrected chi connectivity index (χ1v) is 9.47. The Morgan fingerprint density at radius 2 is 1.04 bits per heavy atom. The minimum absolute atomic E-state index is 1.05. The molecule has 0 radical (unpaired) electrons. The lowest BCUT2D eigenvalue weighted by molar-refractivity contribution is 1.54. The molecule has 134 valence electrons. The molecule has 0 saturated carbocycles. The van der Waals surface area contributed by atoms with Gasteiger partial charge in [-0.15, -0.1) is 0 Å². The highest BCUT2D eigenvalue weighted by Gasteiger charge is 2.10. The van der Waals surface area contributed by atoms with E-state index in [4.69, 9.17) is 0 Å². The highest BCUT2D eigenvalue weighted by molar-refractivity contribution is 6.04. The normalized spacial score (nSPS) is 10.9. The van der Waals surface area contributed by atoms with Crippen molar-refractivity contribution in [2.45, 2.75) is 0 Å². The summed E-state index contributed by atoms with van der Waals surface area (Å²) in [7, 11) is 0. The molecule has 0 spiro atoms. The Labute approximate surface area is 164 Å². The van der Waals surface area contributed by atoms with Gasteiger partial charge in [0.1, 0.15) is 0 Å². The first kappa shape index (κ1) is 16.4. The van der Waals surface area contributed by atoms with Crippen molar-refractivity contribution in [2.75, 3.05) is 10.6 Å². The molecule has 0 atom stereocenters. The quantitative estimate of drug-likeness (QED) is 0.347. The van der Waals surface area contributed by atoms with E-state index in [9.17, 15) is 0 Å². The van der Waals surface area contributed by atoms with Crippen LogP contribution in [0.25, 0.3) is 21.5 Å². The molecule has 0 bridgehead atoms. The van der Waals surface area contributed by atoms with Crippen molar-refractivity contribution in [3.63, 3.8) is 0 Å². The van der Waals surface area contributed by atoms with Crippen LogP contribution in [0.4, 0.5) is 22.7 Å². The molecule has 0 unspecified atom stereocenters. The lowest BCUT2D eigenvalue weighted by Gasteiger charge is -2.18. The van der Waals surface area contributed by atoms with E-state index in [0.29, 0.717) is 0 Å². The summed E-state index contributed by atoms with van der Waals surface area (Å²) in [5.41, 5.74) is 4.31. The maximum absolute atomic E-state index is 3.67. The summed E-state index contributed by atoms with van der Waals surface area (Å²) in [5, 5.41) is 12.1. The van der Waals surface area contributed by atoms with E-state index in [1.165, 1.54) is 21.5 Å². The maximum atomic E-state index is 3.67. The number of rotatable bonds is 4. The van der Waals surface area contributed by atoms with Crippen molar-refractivity contribution >= 4 is 44.3 Å². The number of nitrogens with one attached hydrogen (secondary N) is 2. The molecule has 0 amide bonds. The maximum Gasteiger partial charge on any atom is 0.0703 e. The number of anilines is 4. The van der Waals surface area contributed by atoms with Crippen molar-refractivity contribution in [3.8, 4) is 0 Å². The molecule has 0 aromatic heterocycles. The van der Waals surface area contributed by atoms with Gasteiger partial charge in [-0.3, -0.25) is 0 Å². The molecule has 0 aliphatic carbocycles. The van der Waals surface area contributed by atoms with Crippen LogP contribution in [-0.4, -0.2) is 0 Å². The molecule has 2 nitrogen and oxygen atoms in total. The molecule has 0 aliphatic heterocycles. The summed E-state index contributed by atoms with van der Waals surface area (Å²) < 4.78 is 0. The molecule has 5 rings (SSSR count). The molecule has 0 fully saturated rings. The Balaban J connectivity index is 1.65. The van der Waals surface area contributed by atoms with Gasteiger partial charge in [0.15, 0.2) is 0 Å². The van der Waals surface area contributed by atoms with Gasteiger partial charge >= 0.3 is 0 Å². The number of hydrogen-bond donors (Lipinski definition) is 2. The predicted molar refractivity (Wildman–Crippen MR) is 121 cm³/mol. The lowest BCUT2D eigenvalue weighted by atomic mass is 10.1. The third-order valence-corrected chi connectivity index (χ3v) is 5.03. The minimum atomic E-state index is 1.05. The topological polar surface area (TPSA) is 24.1 Å². The average Bonchev–Trinajstić information content (AvgIpc) is 2.76. The molecule has 5 aromatic carbocycles. The van der Waals surface area contributed by atoms with Crippen LogP contribution < -0.4 is 10.6 Å². The first-order chi connectivity index (χ1) is 13.9. The third kappa shape index (κ3) is 3.06. The fourth-order valence-electron chi connectivity index (χ4n) is 3.66. The SMILES string of the molecule is c1ccc(Nc2c(Nc3cccc4ccccc34)ccc3ccccc23)cc1. The van der Waals surface area contributed by atoms with Crippen molar-refractivity contribution in [3.05, 3.63) is 109 Å². The van der Waals surface area contributed by atoms with Crippen molar-refractivity contribution in [1.29, 1.82) is 0 Å². The first-order valence-electron chi connectivity index (χ1n) is 9.47. The summed E-state index contributed by atoms with van der Waals surface area (Å²) in [5.74, 6) is 0. The van der Waals surface area contributed by atoms with Crippen LogP contribution in [0.1, 0.15) is 0 Å². The van der Waals surface area contributed by atoms with Gasteiger partial charge in [-0.25, -0.2) is 0 Å². The lowest BCUT2D eigenvalue weighted by Crippen LogP contribution is -1.99. The second-order valence-corrected chi connectivity index (χ2v) is 6.85. The van der Waals surface area contributed by atoms with E-state index in [0.717, 1.165) is 22.7 Å². The van der Waals surface area contributed by atoms with Gasteiger partial charge in [0.25, 0.3) is 0 Å². The molecule has 0 saturated heterocycles. The Kier molecular flexibility index (Phi) is 4.15. The van der Waals surface area contributed by atoms with E-state index in [2.05, 4.69) is 102 Å². The Morgan fingerprint density at radius 3 is 1.86 bits per heavy atom. The monoisotopic (exact) mass is 360 g/mol. The fraction of sp³-hybridized carbons (Fsp3) is 0. The summed E-state index contributed by atoms with van der Waals surface area (Å²) in [6.45, 7) is 0. The number of hydrogen-bond acceptors (Lipinski definition) is 2. The standard InChI is InChI=1S/C26H20N2/c1-2-12-21(13-3-1)27-26-23-15-7-5-10-20(23)17-18-25(26)28-24-16-8-11-19-9-4-6-14-22(19)24/h1-18,27-28H. The molecule has 0 heterocycles. The Bertz CT molecular complexity index is 1250. The van der Waals surface area contributed by atoms with Crippen LogP contribution in [-0.2, 0) is 0 Å². The van der Waals surface area contributed by atoms with Crippen LogP contribution >= 0.6 is 0 Å². The van der Waals surface area contributed by atoms with Crippen molar-refractivity contribution < 1.29 is 0 Å². The number of benzene rings is 5. The largest absolute Gasteiger partial charge is 0.353 e. The van der Waals surface area contributed by atoms with E-state index < -0.39 is 0 Å². The Hall–Kier alpha value is -3.78. The van der Waals surface area contributed by atoms with Gasteiger partial charge in [0, 0.05) is 22.1 Å². The highest BCUT2D eigenvalue weighted by Crippen LogP contribution is 2.37. The second-order valence-electron chi connectivity index (χ2n) is 6.85. The summed E-state index contributed by atoms with van der Waals surface area (Å²) in [6, 6.07) is 37.9. The second kappa shape index (κ2) is 7.09.